The van der Waals surface area contributed by atoms with Gasteiger partial charge < -0.3 is 0 Å². The molecule has 5 aliphatic carbocycles. The third-order valence-electron chi connectivity index (χ3n) is 15.9. The Balaban J connectivity index is 0.922. The molecule has 15 rings (SSSR count). The fourth-order valence-corrected chi connectivity index (χ4v) is 14.8. The van der Waals surface area contributed by atoms with Gasteiger partial charge in [0.25, 0.3) is 0 Å². The highest BCUT2D eigenvalue weighted by atomic mass is 32.1. The molecule has 67 heavy (non-hydrogen) atoms. The summed E-state index contributed by atoms with van der Waals surface area (Å²) in [7, 11) is 0. The molecule has 0 saturated heterocycles. The predicted octanol–water partition coefficient (Wildman–Crippen LogP) is 15.8. The van der Waals surface area contributed by atoms with Crippen LogP contribution in [0.5, 0.6) is 0 Å². The fraction of sp³-hybridized carbons (Fsp3) is 0.161. The van der Waals surface area contributed by atoms with Crippen LogP contribution in [0.15, 0.2) is 182 Å². The second-order valence-electron chi connectivity index (χ2n) is 19.4. The molecule has 4 saturated carbocycles. The first kappa shape index (κ1) is 38.7. The van der Waals surface area contributed by atoms with Crippen molar-refractivity contribution in [2.75, 3.05) is 0 Å². The number of rotatable bonds is 6. The molecule has 5 aliphatic rings. The molecule has 8 aromatic carbocycles. The molecule has 0 radical (unpaired) electrons. The Bertz CT molecular complexity index is 3590. The van der Waals surface area contributed by atoms with E-state index in [1.807, 2.05) is 53.8 Å². The summed E-state index contributed by atoms with van der Waals surface area (Å²) in [4.78, 5) is 15.1. The van der Waals surface area contributed by atoms with Crippen LogP contribution in [0.3, 0.4) is 0 Å². The Morgan fingerprint density at radius 1 is 0.418 bits per heavy atom. The molecule has 0 unspecified atom stereocenters. The van der Waals surface area contributed by atoms with E-state index in [4.69, 9.17) is 15.0 Å². The average Bonchev–Trinajstić information content (AvgIpc) is 3.92. The second-order valence-corrected chi connectivity index (χ2v) is 20.5. The van der Waals surface area contributed by atoms with Crippen LogP contribution in [0.25, 0.3) is 98.8 Å². The van der Waals surface area contributed by atoms with Gasteiger partial charge in [0.1, 0.15) is 0 Å². The highest BCUT2D eigenvalue weighted by molar-refractivity contribution is 7.26. The number of hydrogen-bond donors (Lipinski definition) is 0. The molecule has 0 amide bonds. The van der Waals surface area contributed by atoms with Crippen molar-refractivity contribution in [2.45, 2.75) is 37.5 Å². The van der Waals surface area contributed by atoms with Crippen molar-refractivity contribution in [3.8, 4) is 84.7 Å². The largest absolute Gasteiger partial charge is 0.208 e. The van der Waals surface area contributed by atoms with Crippen molar-refractivity contribution < 1.29 is 0 Å². The van der Waals surface area contributed by atoms with Crippen LogP contribution in [-0.2, 0) is 5.41 Å². The molecule has 4 fully saturated rings. The Kier molecular flexibility index (Phi) is 8.67. The first-order valence-electron chi connectivity index (χ1n) is 23.8. The van der Waals surface area contributed by atoms with Crippen LogP contribution in [0.2, 0.25) is 0 Å². The Hall–Kier alpha value is -7.52. The maximum atomic E-state index is 9.80. The van der Waals surface area contributed by atoms with E-state index in [0.717, 1.165) is 34.1 Å². The summed E-state index contributed by atoms with van der Waals surface area (Å²) in [5.74, 6) is 4.81. The standard InChI is InChI=1S/C62H44N4S/c63-36-37-26-27-49-53-24-11-25-54(58(53)67-55(49)33-37)52-23-10-22-51-50-21-9-20-48(56(50)62(57(51)52)46-29-38-28-39(31-46)32-47(62)30-38)44-18-7-16-42(34-44)43-17-8-19-45(35-43)61-65-59(40-12-3-1-4-13-40)64-60(66-61)41-14-5-2-6-15-41/h1-27,33-35,38-39,46-47H,28-32H2. The highest BCUT2D eigenvalue weighted by Gasteiger charge is 2.63. The first-order chi connectivity index (χ1) is 33.1. The molecule has 2 heterocycles. The quantitative estimate of drug-likeness (QED) is 0.167. The summed E-state index contributed by atoms with van der Waals surface area (Å²) in [6.07, 6.45) is 6.63. The minimum absolute atomic E-state index is 0.0837. The van der Waals surface area contributed by atoms with Gasteiger partial charge in [0.15, 0.2) is 17.5 Å². The van der Waals surface area contributed by atoms with Gasteiger partial charge in [-0.2, -0.15) is 5.26 Å². The predicted molar refractivity (Wildman–Crippen MR) is 273 cm³/mol. The molecule has 10 aromatic rings. The second kappa shape index (κ2) is 15.0. The van der Waals surface area contributed by atoms with Crippen LogP contribution < -0.4 is 0 Å². The highest BCUT2D eigenvalue weighted by Crippen LogP contribution is 2.71. The SMILES string of the molecule is N#Cc1ccc2c(c1)sc1c(-c3cccc4c3C3(c5c(-c6cccc(-c7cccc(-c8nc(-c9ccccc9)nc(-c9ccccc9)n8)c7)c6)cccc5-4)C4CC5CC(C4)CC3C5)cccc12. The van der Waals surface area contributed by atoms with Gasteiger partial charge in [0.2, 0.25) is 0 Å². The number of nitrogens with zero attached hydrogens (tertiary/aromatic N) is 4. The van der Waals surface area contributed by atoms with Gasteiger partial charge in [0.05, 0.1) is 11.6 Å². The van der Waals surface area contributed by atoms with E-state index >= 15 is 0 Å². The van der Waals surface area contributed by atoms with Crippen LogP contribution in [-0.4, -0.2) is 15.0 Å². The lowest BCUT2D eigenvalue weighted by molar-refractivity contribution is -0.0395. The van der Waals surface area contributed by atoms with Gasteiger partial charge in [-0.25, -0.2) is 15.0 Å². The monoisotopic (exact) mass is 876 g/mol. The number of aromatic nitrogens is 3. The lowest BCUT2D eigenvalue weighted by Crippen LogP contribution is -2.55. The number of thiophene rings is 1. The third kappa shape index (κ3) is 5.92. The molecule has 0 aliphatic heterocycles. The number of benzene rings is 8. The molecule has 318 valence electrons. The summed E-state index contributed by atoms with van der Waals surface area (Å²) < 4.78 is 2.49. The zero-order chi connectivity index (χ0) is 44.2. The van der Waals surface area contributed by atoms with Crippen molar-refractivity contribution >= 4 is 31.5 Å². The maximum Gasteiger partial charge on any atom is 0.164 e. The maximum absolute atomic E-state index is 9.80. The minimum Gasteiger partial charge on any atom is -0.208 e. The van der Waals surface area contributed by atoms with Crippen LogP contribution in [0.1, 0.15) is 48.8 Å². The summed E-state index contributed by atoms with van der Waals surface area (Å²) in [5.41, 5.74) is 17.1. The molecule has 1 spiro atoms. The smallest absolute Gasteiger partial charge is 0.164 e. The van der Waals surface area contributed by atoms with E-state index in [2.05, 4.69) is 146 Å². The van der Waals surface area contributed by atoms with Crippen molar-refractivity contribution in [3.63, 3.8) is 0 Å². The van der Waals surface area contributed by atoms with Gasteiger partial charge in [0, 0.05) is 42.3 Å². The molecular formula is C62H44N4S. The van der Waals surface area contributed by atoms with Crippen molar-refractivity contribution in [3.05, 3.63) is 199 Å². The molecule has 5 heteroatoms. The van der Waals surface area contributed by atoms with Crippen LogP contribution in [0, 0.1) is 35.0 Å². The summed E-state index contributed by atoms with van der Waals surface area (Å²) in [6.45, 7) is 0. The molecule has 4 nitrogen and oxygen atoms in total. The van der Waals surface area contributed by atoms with E-state index in [1.165, 1.54) is 91.2 Å². The lowest BCUT2D eigenvalue weighted by atomic mass is 9.42. The summed E-state index contributed by atoms with van der Waals surface area (Å²) in [5, 5.41) is 12.3. The van der Waals surface area contributed by atoms with Gasteiger partial charge in [-0.05, 0) is 136 Å². The van der Waals surface area contributed by atoms with Crippen molar-refractivity contribution in [1.82, 2.24) is 15.0 Å². The summed E-state index contributed by atoms with van der Waals surface area (Å²) >= 11 is 1.84. The zero-order valence-electron chi connectivity index (χ0n) is 36.9. The molecular weight excluding hydrogens is 833 g/mol. The van der Waals surface area contributed by atoms with Gasteiger partial charge in [-0.15, -0.1) is 11.3 Å². The normalized spacial score (nSPS) is 20.9. The molecule has 0 atom stereocenters. The average molecular weight is 877 g/mol. The van der Waals surface area contributed by atoms with Crippen molar-refractivity contribution in [2.24, 2.45) is 23.7 Å². The summed E-state index contributed by atoms with van der Waals surface area (Å²) in [6, 6.07) is 68.1. The number of fused-ring (bicyclic) bond motifs is 6. The lowest BCUT2D eigenvalue weighted by Gasteiger charge is -2.61. The van der Waals surface area contributed by atoms with E-state index in [-0.39, 0.29) is 5.41 Å². The molecule has 0 N–H and O–H groups in total. The van der Waals surface area contributed by atoms with Gasteiger partial charge >= 0.3 is 0 Å². The molecule has 2 aromatic heterocycles. The fourth-order valence-electron chi connectivity index (χ4n) is 13.5. The van der Waals surface area contributed by atoms with Crippen LogP contribution >= 0.6 is 11.3 Å². The number of hydrogen-bond acceptors (Lipinski definition) is 5. The Labute approximate surface area is 394 Å². The van der Waals surface area contributed by atoms with Crippen molar-refractivity contribution in [1.29, 1.82) is 5.26 Å². The zero-order valence-corrected chi connectivity index (χ0v) is 37.7. The number of nitriles is 1. The Morgan fingerprint density at radius 3 is 1.52 bits per heavy atom. The van der Waals surface area contributed by atoms with E-state index in [1.54, 1.807) is 11.1 Å². The topological polar surface area (TPSA) is 62.5 Å². The van der Waals surface area contributed by atoms with Gasteiger partial charge in [-0.1, -0.05) is 158 Å². The molecule has 4 bridgehead atoms. The first-order valence-corrected chi connectivity index (χ1v) is 24.6. The van der Waals surface area contributed by atoms with E-state index in [9.17, 15) is 5.26 Å². The van der Waals surface area contributed by atoms with Gasteiger partial charge in [-0.3, -0.25) is 0 Å². The Morgan fingerprint density at radius 2 is 0.896 bits per heavy atom. The van der Waals surface area contributed by atoms with Crippen LogP contribution in [0.4, 0.5) is 0 Å². The third-order valence-corrected chi connectivity index (χ3v) is 17.1. The minimum atomic E-state index is -0.0837. The van der Waals surface area contributed by atoms with E-state index < -0.39 is 0 Å². The van der Waals surface area contributed by atoms with E-state index in [0.29, 0.717) is 34.9 Å².